The normalized spacial score (nSPS) is 12.0. The maximum absolute atomic E-state index is 6.30. The van der Waals surface area contributed by atoms with Crippen molar-refractivity contribution in [2.75, 3.05) is 21.3 Å². The van der Waals surface area contributed by atoms with E-state index < -0.39 is 0 Å². The molecule has 0 aliphatic carbocycles. The number of benzene rings is 2. The smallest absolute Gasteiger partial charge is 0.161 e. The van der Waals surface area contributed by atoms with Crippen molar-refractivity contribution in [3.05, 3.63) is 57.6 Å². The molecule has 0 heterocycles. The summed E-state index contributed by atoms with van der Waals surface area (Å²) in [4.78, 5) is 0. The molecule has 0 aromatic heterocycles. The molecule has 2 aromatic rings. The number of nitrogens with one attached hydrogen (secondary N) is 1. The van der Waals surface area contributed by atoms with Gasteiger partial charge in [-0.05, 0) is 48.5 Å². The quantitative estimate of drug-likeness (QED) is 0.888. The highest BCUT2D eigenvalue weighted by molar-refractivity contribution is 6.33. The Morgan fingerprint density at radius 1 is 0.952 bits per heavy atom. The predicted octanol–water partition coefficient (Wildman–Crippen LogP) is 4.32. The van der Waals surface area contributed by atoms with Crippen molar-refractivity contribution in [1.82, 2.24) is 5.32 Å². The van der Waals surface area contributed by atoms with E-state index in [0.29, 0.717) is 21.5 Å². The van der Waals surface area contributed by atoms with E-state index in [0.717, 1.165) is 11.1 Å². The lowest BCUT2D eigenvalue weighted by Gasteiger charge is -2.20. The predicted molar refractivity (Wildman–Crippen MR) is 86.9 cm³/mol. The van der Waals surface area contributed by atoms with Crippen LogP contribution in [0, 0.1) is 0 Å². The zero-order chi connectivity index (χ0) is 15.4. The average Bonchev–Trinajstić information content (AvgIpc) is 2.51. The molecule has 3 nitrogen and oxygen atoms in total. The van der Waals surface area contributed by atoms with Crippen LogP contribution in [-0.2, 0) is 0 Å². The van der Waals surface area contributed by atoms with Gasteiger partial charge in [0.25, 0.3) is 0 Å². The highest BCUT2D eigenvalue weighted by Crippen LogP contribution is 2.35. The van der Waals surface area contributed by atoms with Crippen LogP contribution in [0.25, 0.3) is 0 Å². The standard InChI is InChI=1S/C16H17Cl2NO2/c1-19-16(12-9-11(17)5-6-13(12)18)10-4-7-14(20-2)15(8-10)21-3/h4-9,16,19H,1-3H3. The third-order valence-electron chi connectivity index (χ3n) is 3.30. The first-order chi connectivity index (χ1) is 10.1. The van der Waals surface area contributed by atoms with Gasteiger partial charge >= 0.3 is 0 Å². The van der Waals surface area contributed by atoms with Crippen molar-refractivity contribution in [2.45, 2.75) is 6.04 Å². The lowest BCUT2D eigenvalue weighted by Crippen LogP contribution is -2.18. The summed E-state index contributed by atoms with van der Waals surface area (Å²) in [6.07, 6.45) is 0. The van der Waals surface area contributed by atoms with E-state index in [9.17, 15) is 0 Å². The first-order valence-corrected chi connectivity index (χ1v) is 7.20. The number of rotatable bonds is 5. The Morgan fingerprint density at radius 3 is 2.29 bits per heavy atom. The molecule has 1 unspecified atom stereocenters. The van der Waals surface area contributed by atoms with E-state index in [4.69, 9.17) is 32.7 Å². The van der Waals surface area contributed by atoms with Gasteiger partial charge in [-0.15, -0.1) is 0 Å². The third kappa shape index (κ3) is 3.43. The van der Waals surface area contributed by atoms with Crippen molar-refractivity contribution >= 4 is 23.2 Å². The first-order valence-electron chi connectivity index (χ1n) is 6.44. The van der Waals surface area contributed by atoms with Crippen LogP contribution in [0.2, 0.25) is 10.0 Å². The summed E-state index contributed by atoms with van der Waals surface area (Å²) in [5, 5.41) is 4.56. The van der Waals surface area contributed by atoms with Crippen LogP contribution < -0.4 is 14.8 Å². The molecule has 21 heavy (non-hydrogen) atoms. The number of ether oxygens (including phenoxy) is 2. The molecule has 1 atom stereocenters. The fraction of sp³-hybridized carbons (Fsp3) is 0.250. The molecule has 0 radical (unpaired) electrons. The van der Waals surface area contributed by atoms with E-state index in [2.05, 4.69) is 5.32 Å². The van der Waals surface area contributed by atoms with E-state index in [1.54, 1.807) is 26.4 Å². The van der Waals surface area contributed by atoms with Gasteiger partial charge in [0, 0.05) is 10.0 Å². The molecule has 2 rings (SSSR count). The van der Waals surface area contributed by atoms with Crippen LogP contribution in [-0.4, -0.2) is 21.3 Å². The van der Waals surface area contributed by atoms with Crippen molar-refractivity contribution in [3.63, 3.8) is 0 Å². The number of methoxy groups -OCH3 is 2. The third-order valence-corrected chi connectivity index (χ3v) is 3.88. The minimum absolute atomic E-state index is 0.0870. The summed E-state index contributed by atoms with van der Waals surface area (Å²) in [6, 6.07) is 11.1. The van der Waals surface area contributed by atoms with Gasteiger partial charge < -0.3 is 14.8 Å². The summed E-state index contributed by atoms with van der Waals surface area (Å²) >= 11 is 12.4. The number of halogens is 2. The fourth-order valence-electron chi connectivity index (χ4n) is 2.27. The lowest BCUT2D eigenvalue weighted by atomic mass is 9.98. The van der Waals surface area contributed by atoms with Crippen LogP contribution in [0.15, 0.2) is 36.4 Å². The Morgan fingerprint density at radius 2 is 1.67 bits per heavy atom. The van der Waals surface area contributed by atoms with Crippen LogP contribution >= 0.6 is 23.2 Å². The Bertz CT molecular complexity index is 632. The maximum atomic E-state index is 6.30. The molecule has 2 aromatic carbocycles. The fourth-order valence-corrected chi connectivity index (χ4v) is 2.68. The van der Waals surface area contributed by atoms with Gasteiger partial charge in [-0.3, -0.25) is 0 Å². The molecule has 0 amide bonds. The highest BCUT2D eigenvalue weighted by atomic mass is 35.5. The molecule has 0 saturated heterocycles. The number of hydrogen-bond donors (Lipinski definition) is 1. The molecular formula is C16H17Cl2NO2. The van der Waals surface area contributed by atoms with Crippen molar-refractivity contribution in [3.8, 4) is 11.5 Å². The Kier molecular flexibility index (Phi) is 5.34. The summed E-state index contributed by atoms with van der Waals surface area (Å²) in [5.74, 6) is 1.36. The lowest BCUT2D eigenvalue weighted by molar-refractivity contribution is 0.354. The first kappa shape index (κ1) is 16.0. The average molecular weight is 326 g/mol. The van der Waals surface area contributed by atoms with E-state index >= 15 is 0 Å². The van der Waals surface area contributed by atoms with Gasteiger partial charge in [0.1, 0.15) is 0 Å². The molecule has 0 spiro atoms. The van der Waals surface area contributed by atoms with Gasteiger partial charge in [-0.25, -0.2) is 0 Å². The minimum Gasteiger partial charge on any atom is -0.493 e. The van der Waals surface area contributed by atoms with E-state index in [-0.39, 0.29) is 6.04 Å². The minimum atomic E-state index is -0.0870. The summed E-state index contributed by atoms with van der Waals surface area (Å²) < 4.78 is 10.6. The van der Waals surface area contributed by atoms with Gasteiger partial charge in [0.2, 0.25) is 0 Å². The molecule has 1 N–H and O–H groups in total. The largest absolute Gasteiger partial charge is 0.493 e. The molecule has 112 valence electrons. The molecule has 0 saturated carbocycles. The van der Waals surface area contributed by atoms with Crippen LogP contribution in [0.5, 0.6) is 11.5 Å². The molecule has 0 aliphatic heterocycles. The summed E-state index contributed by atoms with van der Waals surface area (Å²) in [5.41, 5.74) is 1.93. The maximum Gasteiger partial charge on any atom is 0.161 e. The van der Waals surface area contributed by atoms with E-state index in [1.807, 2.05) is 31.3 Å². The Balaban J connectivity index is 2.48. The molecule has 0 aliphatic rings. The van der Waals surface area contributed by atoms with Crippen molar-refractivity contribution < 1.29 is 9.47 Å². The van der Waals surface area contributed by atoms with Gasteiger partial charge in [-0.2, -0.15) is 0 Å². The second-order valence-electron chi connectivity index (χ2n) is 4.50. The van der Waals surface area contributed by atoms with Crippen LogP contribution in [0.1, 0.15) is 17.2 Å². The second kappa shape index (κ2) is 7.03. The van der Waals surface area contributed by atoms with Crippen LogP contribution in [0.3, 0.4) is 0 Å². The molecule has 5 heteroatoms. The molecule has 0 fully saturated rings. The van der Waals surface area contributed by atoms with Crippen molar-refractivity contribution in [1.29, 1.82) is 0 Å². The van der Waals surface area contributed by atoms with Crippen molar-refractivity contribution in [2.24, 2.45) is 0 Å². The SMILES string of the molecule is CNC(c1ccc(OC)c(OC)c1)c1cc(Cl)ccc1Cl. The summed E-state index contributed by atoms with van der Waals surface area (Å²) in [6.45, 7) is 0. The van der Waals surface area contributed by atoms with Crippen LogP contribution in [0.4, 0.5) is 0 Å². The Hall–Kier alpha value is -1.42. The number of hydrogen-bond acceptors (Lipinski definition) is 3. The van der Waals surface area contributed by atoms with E-state index in [1.165, 1.54) is 0 Å². The van der Waals surface area contributed by atoms with Gasteiger partial charge in [0.15, 0.2) is 11.5 Å². The highest BCUT2D eigenvalue weighted by Gasteiger charge is 2.17. The zero-order valence-corrected chi connectivity index (χ0v) is 13.6. The molecule has 0 bridgehead atoms. The zero-order valence-electron chi connectivity index (χ0n) is 12.1. The molecular weight excluding hydrogens is 309 g/mol. The second-order valence-corrected chi connectivity index (χ2v) is 5.35. The summed E-state index contributed by atoms with van der Waals surface area (Å²) in [7, 11) is 5.10. The van der Waals surface area contributed by atoms with Gasteiger partial charge in [0.05, 0.1) is 20.3 Å². The monoisotopic (exact) mass is 325 g/mol. The topological polar surface area (TPSA) is 30.5 Å². The van der Waals surface area contributed by atoms with Gasteiger partial charge in [-0.1, -0.05) is 29.3 Å². The Labute approximate surface area is 134 Å².